The molecule has 0 bridgehead atoms. The average molecular weight is 278 g/mol. The molecule has 1 amide bonds. The predicted molar refractivity (Wildman–Crippen MR) is 65.6 cm³/mol. The van der Waals surface area contributed by atoms with Crippen molar-refractivity contribution >= 4 is 5.91 Å². The number of rotatable bonds is 2. The predicted octanol–water partition coefficient (Wildman–Crippen LogP) is 2.18. The van der Waals surface area contributed by atoms with Gasteiger partial charge in [-0.05, 0) is 31.7 Å². The number of hydrogen-bond acceptors (Lipinski definition) is 2. The molecule has 19 heavy (non-hydrogen) atoms. The van der Waals surface area contributed by atoms with E-state index in [0.29, 0.717) is 19.0 Å². The van der Waals surface area contributed by atoms with E-state index in [9.17, 15) is 18.0 Å². The largest absolute Gasteiger partial charge is 0.404 e. The van der Waals surface area contributed by atoms with Crippen LogP contribution in [0.5, 0.6) is 0 Å². The number of amides is 1. The van der Waals surface area contributed by atoms with E-state index in [1.165, 1.54) is 4.90 Å². The van der Waals surface area contributed by atoms with Crippen molar-refractivity contribution in [3.63, 3.8) is 0 Å². The third kappa shape index (κ3) is 2.59. The summed E-state index contributed by atoms with van der Waals surface area (Å²) in [7, 11) is 0. The Labute approximate surface area is 111 Å². The minimum absolute atomic E-state index is 0.136. The molecular weight excluding hydrogens is 257 g/mol. The Hall–Kier alpha value is -0.780. The molecule has 2 heterocycles. The Balaban J connectivity index is 2.16. The van der Waals surface area contributed by atoms with Crippen LogP contribution < -0.4 is 5.32 Å². The van der Waals surface area contributed by atoms with Gasteiger partial charge in [0.1, 0.15) is 0 Å². The molecule has 2 fully saturated rings. The van der Waals surface area contributed by atoms with Crippen molar-refractivity contribution in [1.82, 2.24) is 10.2 Å². The van der Waals surface area contributed by atoms with Gasteiger partial charge in [0.15, 0.2) is 5.41 Å². The quantitative estimate of drug-likeness (QED) is 0.839. The number of hydrogen-bond donors (Lipinski definition) is 1. The van der Waals surface area contributed by atoms with E-state index in [-0.39, 0.29) is 19.5 Å². The van der Waals surface area contributed by atoms with Crippen molar-refractivity contribution in [3.8, 4) is 0 Å². The zero-order valence-corrected chi connectivity index (χ0v) is 11.2. The van der Waals surface area contributed by atoms with Gasteiger partial charge in [0, 0.05) is 19.6 Å². The number of alkyl halides is 3. The second kappa shape index (κ2) is 5.31. The van der Waals surface area contributed by atoms with Crippen LogP contribution in [0.3, 0.4) is 0 Å². The van der Waals surface area contributed by atoms with Gasteiger partial charge in [0.2, 0.25) is 5.91 Å². The van der Waals surface area contributed by atoms with Crippen LogP contribution in [0.4, 0.5) is 13.2 Å². The highest BCUT2D eigenvalue weighted by atomic mass is 19.4. The molecule has 6 heteroatoms. The van der Waals surface area contributed by atoms with E-state index < -0.39 is 17.5 Å². The molecule has 1 N–H and O–H groups in total. The van der Waals surface area contributed by atoms with Gasteiger partial charge in [-0.2, -0.15) is 13.2 Å². The lowest BCUT2D eigenvalue weighted by molar-refractivity contribution is -0.222. The molecule has 2 atom stereocenters. The van der Waals surface area contributed by atoms with Gasteiger partial charge in [-0.3, -0.25) is 4.79 Å². The molecule has 0 saturated carbocycles. The smallest absolute Gasteiger partial charge is 0.342 e. The summed E-state index contributed by atoms with van der Waals surface area (Å²) in [6.07, 6.45) is -1.86. The normalized spacial score (nSPS) is 32.6. The molecule has 2 rings (SSSR count). The molecule has 0 aromatic carbocycles. The van der Waals surface area contributed by atoms with Crippen LogP contribution in [0, 0.1) is 11.3 Å². The lowest BCUT2D eigenvalue weighted by Crippen LogP contribution is -2.55. The first-order valence-electron chi connectivity index (χ1n) is 6.97. The highest BCUT2D eigenvalue weighted by Crippen LogP contribution is 2.44. The molecule has 0 radical (unpaired) electrons. The first-order chi connectivity index (χ1) is 8.90. The summed E-state index contributed by atoms with van der Waals surface area (Å²) in [5, 5.41) is 2.70. The molecule has 0 aromatic heterocycles. The van der Waals surface area contributed by atoms with Crippen molar-refractivity contribution in [3.05, 3.63) is 0 Å². The fraction of sp³-hybridized carbons (Fsp3) is 0.923. The molecule has 0 aliphatic carbocycles. The molecule has 2 aliphatic heterocycles. The summed E-state index contributed by atoms with van der Waals surface area (Å²) in [5.74, 6) is -0.375. The van der Waals surface area contributed by atoms with Crippen LogP contribution in [0.2, 0.25) is 0 Å². The second-order valence-corrected chi connectivity index (χ2v) is 5.67. The molecular formula is C13H21F3N2O. The number of carbonyl (C=O) groups is 1. The van der Waals surface area contributed by atoms with E-state index in [1.807, 2.05) is 6.92 Å². The highest BCUT2D eigenvalue weighted by molar-refractivity contribution is 5.84. The van der Waals surface area contributed by atoms with Gasteiger partial charge in [0.25, 0.3) is 0 Å². The van der Waals surface area contributed by atoms with E-state index >= 15 is 0 Å². The zero-order valence-electron chi connectivity index (χ0n) is 11.2. The number of nitrogens with zero attached hydrogens (tertiary/aromatic N) is 1. The van der Waals surface area contributed by atoms with Crippen molar-refractivity contribution in [2.75, 3.05) is 26.2 Å². The number of piperidine rings is 1. The molecule has 2 saturated heterocycles. The minimum atomic E-state index is -4.47. The van der Waals surface area contributed by atoms with Crippen LogP contribution in [0.15, 0.2) is 0 Å². The standard InChI is InChI=1S/C13H21F3N2O/c1-2-10-4-3-7-18(8-10)11(19)12(13(14,15)16)5-6-17-9-12/h10,17H,2-9H2,1H3. The molecule has 2 unspecified atom stereocenters. The third-order valence-corrected chi connectivity index (χ3v) is 4.49. The lowest BCUT2D eigenvalue weighted by Gasteiger charge is -2.39. The van der Waals surface area contributed by atoms with Crippen molar-refractivity contribution in [1.29, 1.82) is 0 Å². The Morgan fingerprint density at radius 2 is 2.21 bits per heavy atom. The fourth-order valence-electron chi connectivity index (χ4n) is 3.12. The van der Waals surface area contributed by atoms with Gasteiger partial charge in [-0.15, -0.1) is 0 Å². The van der Waals surface area contributed by atoms with Gasteiger partial charge in [0.05, 0.1) is 0 Å². The summed E-state index contributed by atoms with van der Waals surface area (Å²) in [4.78, 5) is 13.8. The Morgan fingerprint density at radius 1 is 1.47 bits per heavy atom. The van der Waals surface area contributed by atoms with Crippen molar-refractivity contribution < 1.29 is 18.0 Å². The van der Waals surface area contributed by atoms with Crippen LogP contribution in [-0.4, -0.2) is 43.2 Å². The number of halogens is 3. The second-order valence-electron chi connectivity index (χ2n) is 5.67. The van der Waals surface area contributed by atoms with Crippen LogP contribution in [0.1, 0.15) is 32.6 Å². The van der Waals surface area contributed by atoms with Crippen LogP contribution in [0.25, 0.3) is 0 Å². The fourth-order valence-corrected chi connectivity index (χ4v) is 3.12. The van der Waals surface area contributed by atoms with Crippen molar-refractivity contribution in [2.24, 2.45) is 11.3 Å². The maximum absolute atomic E-state index is 13.3. The van der Waals surface area contributed by atoms with E-state index in [1.54, 1.807) is 0 Å². The number of nitrogens with one attached hydrogen (secondary N) is 1. The number of carbonyl (C=O) groups excluding carboxylic acids is 1. The summed E-state index contributed by atoms with van der Waals surface area (Å²) in [5.41, 5.74) is -2.19. The molecule has 0 aromatic rings. The first kappa shape index (κ1) is 14.6. The van der Waals surface area contributed by atoms with Gasteiger partial charge >= 0.3 is 6.18 Å². The Bertz CT molecular complexity index is 337. The molecule has 3 nitrogen and oxygen atoms in total. The summed E-state index contributed by atoms with van der Waals surface area (Å²) >= 11 is 0. The van der Waals surface area contributed by atoms with Crippen LogP contribution in [-0.2, 0) is 4.79 Å². The summed E-state index contributed by atoms with van der Waals surface area (Å²) < 4.78 is 39.9. The van der Waals surface area contributed by atoms with E-state index in [4.69, 9.17) is 0 Å². The highest BCUT2D eigenvalue weighted by Gasteiger charge is 2.62. The summed E-state index contributed by atoms with van der Waals surface area (Å²) in [6, 6.07) is 0. The maximum Gasteiger partial charge on any atom is 0.404 e. The molecule has 0 spiro atoms. The van der Waals surface area contributed by atoms with E-state index in [0.717, 1.165) is 19.3 Å². The third-order valence-electron chi connectivity index (χ3n) is 4.49. The number of likely N-dealkylation sites (tertiary alicyclic amines) is 1. The molecule has 2 aliphatic rings. The zero-order chi connectivity index (χ0) is 14.1. The monoisotopic (exact) mass is 278 g/mol. The maximum atomic E-state index is 13.3. The SMILES string of the molecule is CCC1CCCN(C(=O)C2(C(F)(F)F)CCNC2)C1. The van der Waals surface area contributed by atoms with E-state index in [2.05, 4.69) is 5.32 Å². The first-order valence-corrected chi connectivity index (χ1v) is 6.97. The Morgan fingerprint density at radius 3 is 2.74 bits per heavy atom. The average Bonchev–Trinajstić information content (AvgIpc) is 2.88. The van der Waals surface area contributed by atoms with Gasteiger partial charge in [-0.25, -0.2) is 0 Å². The Kier molecular flexibility index (Phi) is 4.08. The van der Waals surface area contributed by atoms with Gasteiger partial charge < -0.3 is 10.2 Å². The summed E-state index contributed by atoms with van der Waals surface area (Å²) in [6.45, 7) is 2.95. The lowest BCUT2D eigenvalue weighted by atomic mass is 9.83. The van der Waals surface area contributed by atoms with Gasteiger partial charge in [-0.1, -0.05) is 13.3 Å². The minimum Gasteiger partial charge on any atom is -0.342 e. The van der Waals surface area contributed by atoms with Crippen molar-refractivity contribution in [2.45, 2.75) is 38.8 Å². The topological polar surface area (TPSA) is 32.3 Å². The van der Waals surface area contributed by atoms with Crippen LogP contribution >= 0.6 is 0 Å². The molecule has 110 valence electrons.